The van der Waals surface area contributed by atoms with Crippen molar-refractivity contribution >= 4 is 11.6 Å². The average Bonchev–Trinajstić information content (AvgIpc) is 2.99. The molecule has 2 aromatic heterocycles. The van der Waals surface area contributed by atoms with E-state index in [1.807, 2.05) is 12.1 Å². The molecule has 0 bridgehead atoms. The number of nitrogens with zero attached hydrogens (tertiary/aromatic N) is 3. The van der Waals surface area contributed by atoms with E-state index in [9.17, 15) is 9.18 Å². The van der Waals surface area contributed by atoms with E-state index in [-0.39, 0.29) is 12.2 Å². The van der Waals surface area contributed by atoms with Gasteiger partial charge in [0.2, 0.25) is 0 Å². The van der Waals surface area contributed by atoms with E-state index in [2.05, 4.69) is 9.88 Å². The number of piperidine rings is 1. The van der Waals surface area contributed by atoms with Crippen molar-refractivity contribution in [2.45, 2.75) is 38.3 Å². The fourth-order valence-corrected chi connectivity index (χ4v) is 3.98. The number of rotatable bonds is 5. The smallest absolute Gasteiger partial charge is 0.167 e. The summed E-state index contributed by atoms with van der Waals surface area (Å²) in [6, 6.07) is 3.72. The topological polar surface area (TPSA) is 64.5 Å². The van der Waals surface area contributed by atoms with Gasteiger partial charge in [-0.25, -0.2) is 9.37 Å². The number of carbonyl (C=O) groups is 1. The lowest BCUT2D eigenvalue weighted by Gasteiger charge is -2.30. The van der Waals surface area contributed by atoms with Crippen LogP contribution in [0, 0.1) is 0 Å². The Morgan fingerprint density at radius 3 is 2.83 bits per heavy atom. The highest BCUT2D eigenvalue weighted by Gasteiger charge is 2.25. The third kappa shape index (κ3) is 4.56. The molecule has 1 fully saturated rings. The fourth-order valence-electron chi connectivity index (χ4n) is 3.98. The van der Waals surface area contributed by atoms with Gasteiger partial charge in [-0.05, 0) is 42.5 Å². The molecule has 0 amide bonds. The van der Waals surface area contributed by atoms with Gasteiger partial charge in [0.25, 0.3) is 0 Å². The summed E-state index contributed by atoms with van der Waals surface area (Å²) in [4.78, 5) is 24.3. The maximum absolute atomic E-state index is 13.6. The second-order valence-electron chi connectivity index (χ2n) is 7.56. The number of hydrogen-bond acceptors (Lipinski definition) is 6. The zero-order valence-electron chi connectivity index (χ0n) is 16.7. The van der Waals surface area contributed by atoms with Crippen LogP contribution in [0.2, 0.25) is 0 Å². The minimum atomic E-state index is -0.748. The first kappa shape index (κ1) is 19.8. The van der Waals surface area contributed by atoms with Gasteiger partial charge in [0.1, 0.15) is 17.7 Å². The molecular weight excluding hydrogens is 373 g/mol. The highest BCUT2D eigenvalue weighted by atomic mass is 19.1. The number of hydrogen-bond donors (Lipinski definition) is 0. The SMILES string of the molecule is COc1cncc(CC(=O)c2cc(N3CCC(F)CC3)nc3c2CCOCC3)c1. The standard InChI is InChI=1S/C22H26FN3O3/c1-28-17-10-15(13-24-14-17)11-21(27)19-12-22(26-6-2-16(23)3-7-26)25-20-5-9-29-8-4-18(19)20/h10,12-14,16H,2-9,11H2,1H3. The number of alkyl halides is 1. The maximum atomic E-state index is 13.6. The van der Waals surface area contributed by atoms with Crippen LogP contribution < -0.4 is 9.64 Å². The van der Waals surface area contributed by atoms with E-state index in [1.54, 1.807) is 19.5 Å². The lowest BCUT2D eigenvalue weighted by atomic mass is 9.95. The van der Waals surface area contributed by atoms with Gasteiger partial charge >= 0.3 is 0 Å². The number of pyridine rings is 2. The molecule has 2 aliphatic rings. The molecule has 0 N–H and O–H groups in total. The Morgan fingerprint density at radius 2 is 2.03 bits per heavy atom. The second kappa shape index (κ2) is 8.86. The molecule has 1 saturated heterocycles. The highest BCUT2D eigenvalue weighted by Crippen LogP contribution is 2.27. The number of ketones is 1. The molecule has 0 aromatic carbocycles. The Labute approximate surface area is 170 Å². The molecule has 29 heavy (non-hydrogen) atoms. The Morgan fingerprint density at radius 1 is 1.24 bits per heavy atom. The molecule has 0 radical (unpaired) electrons. The van der Waals surface area contributed by atoms with E-state index < -0.39 is 6.17 Å². The number of ether oxygens (including phenoxy) is 2. The van der Waals surface area contributed by atoms with Crippen LogP contribution in [-0.2, 0) is 24.0 Å². The number of halogens is 1. The normalized spacial score (nSPS) is 17.5. The Kier molecular flexibility index (Phi) is 6.04. The number of methoxy groups -OCH3 is 1. The Hall–Kier alpha value is -2.54. The van der Waals surface area contributed by atoms with Crippen LogP contribution >= 0.6 is 0 Å². The Bertz CT molecular complexity index is 882. The fraction of sp³-hybridized carbons (Fsp3) is 0.500. The van der Waals surface area contributed by atoms with E-state index in [0.29, 0.717) is 63.3 Å². The van der Waals surface area contributed by atoms with E-state index in [1.165, 1.54) is 0 Å². The molecule has 154 valence electrons. The summed E-state index contributed by atoms with van der Waals surface area (Å²) in [5.41, 5.74) is 3.41. The lowest BCUT2D eigenvalue weighted by Crippen LogP contribution is -2.35. The predicted octanol–water partition coefficient (Wildman–Crippen LogP) is 2.96. The van der Waals surface area contributed by atoms with Gasteiger partial charge in [-0.2, -0.15) is 0 Å². The maximum Gasteiger partial charge on any atom is 0.167 e. The van der Waals surface area contributed by atoms with Gasteiger partial charge in [-0.1, -0.05) is 0 Å². The van der Waals surface area contributed by atoms with E-state index in [0.717, 1.165) is 22.6 Å². The molecule has 0 saturated carbocycles. The van der Waals surface area contributed by atoms with Crippen LogP contribution in [0.1, 0.15) is 40.0 Å². The molecule has 2 aliphatic heterocycles. The monoisotopic (exact) mass is 399 g/mol. The summed E-state index contributed by atoms with van der Waals surface area (Å²) >= 11 is 0. The molecule has 2 aromatic rings. The first-order chi connectivity index (χ1) is 14.1. The molecule has 0 atom stereocenters. The van der Waals surface area contributed by atoms with Crippen molar-refractivity contribution in [3.63, 3.8) is 0 Å². The predicted molar refractivity (Wildman–Crippen MR) is 108 cm³/mol. The second-order valence-corrected chi connectivity index (χ2v) is 7.56. The van der Waals surface area contributed by atoms with Crippen LogP contribution in [0.5, 0.6) is 5.75 Å². The summed E-state index contributed by atoms with van der Waals surface area (Å²) < 4.78 is 24.4. The van der Waals surface area contributed by atoms with Crippen molar-refractivity contribution in [2.75, 3.05) is 38.3 Å². The van der Waals surface area contributed by atoms with Crippen molar-refractivity contribution in [3.8, 4) is 5.75 Å². The number of fused-ring (bicyclic) bond motifs is 1. The Balaban J connectivity index is 1.66. The van der Waals surface area contributed by atoms with Crippen LogP contribution in [-0.4, -0.2) is 55.3 Å². The van der Waals surface area contributed by atoms with Gasteiger partial charge in [-0.15, -0.1) is 0 Å². The summed E-state index contributed by atoms with van der Waals surface area (Å²) in [7, 11) is 1.58. The minimum absolute atomic E-state index is 0.0298. The highest BCUT2D eigenvalue weighted by molar-refractivity contribution is 5.99. The molecule has 0 unspecified atom stereocenters. The number of aromatic nitrogens is 2. The van der Waals surface area contributed by atoms with Crippen molar-refractivity contribution < 1.29 is 18.7 Å². The van der Waals surface area contributed by atoms with Crippen molar-refractivity contribution in [2.24, 2.45) is 0 Å². The third-order valence-electron chi connectivity index (χ3n) is 5.60. The van der Waals surface area contributed by atoms with Crippen LogP contribution in [0.3, 0.4) is 0 Å². The van der Waals surface area contributed by atoms with Crippen LogP contribution in [0.15, 0.2) is 24.5 Å². The quantitative estimate of drug-likeness (QED) is 0.721. The molecule has 4 heterocycles. The third-order valence-corrected chi connectivity index (χ3v) is 5.60. The summed E-state index contributed by atoms with van der Waals surface area (Å²) in [5.74, 6) is 1.43. The molecule has 0 spiro atoms. The van der Waals surface area contributed by atoms with E-state index in [4.69, 9.17) is 14.5 Å². The molecular formula is C22H26FN3O3. The molecule has 4 rings (SSSR count). The summed E-state index contributed by atoms with van der Waals surface area (Å²) in [6.45, 7) is 2.43. The zero-order chi connectivity index (χ0) is 20.2. The van der Waals surface area contributed by atoms with Gasteiger partial charge in [0, 0.05) is 43.4 Å². The van der Waals surface area contributed by atoms with Crippen molar-refractivity contribution in [1.29, 1.82) is 0 Å². The van der Waals surface area contributed by atoms with Crippen LogP contribution in [0.25, 0.3) is 0 Å². The molecule has 6 nitrogen and oxygen atoms in total. The zero-order valence-corrected chi connectivity index (χ0v) is 16.7. The average molecular weight is 399 g/mol. The first-order valence-electron chi connectivity index (χ1n) is 10.1. The van der Waals surface area contributed by atoms with Gasteiger partial charge in [-0.3, -0.25) is 9.78 Å². The van der Waals surface area contributed by atoms with E-state index >= 15 is 0 Å². The minimum Gasteiger partial charge on any atom is -0.495 e. The number of Topliss-reactive ketones (excluding diaryl/α,β-unsaturated/α-hetero) is 1. The van der Waals surface area contributed by atoms with Crippen molar-refractivity contribution in [3.05, 3.63) is 46.9 Å². The van der Waals surface area contributed by atoms with Gasteiger partial charge in [0.05, 0.1) is 26.5 Å². The van der Waals surface area contributed by atoms with Gasteiger partial charge < -0.3 is 14.4 Å². The van der Waals surface area contributed by atoms with Gasteiger partial charge in [0.15, 0.2) is 5.78 Å². The molecule has 7 heteroatoms. The number of carbonyl (C=O) groups excluding carboxylic acids is 1. The molecule has 0 aliphatic carbocycles. The van der Waals surface area contributed by atoms with Crippen LogP contribution in [0.4, 0.5) is 10.2 Å². The largest absolute Gasteiger partial charge is 0.495 e. The summed E-state index contributed by atoms with van der Waals surface area (Å²) in [6.07, 6.45) is 5.17. The summed E-state index contributed by atoms with van der Waals surface area (Å²) in [5, 5.41) is 0. The number of anilines is 1. The van der Waals surface area contributed by atoms with Crippen molar-refractivity contribution in [1.82, 2.24) is 9.97 Å². The lowest BCUT2D eigenvalue weighted by molar-refractivity contribution is 0.0991. The first-order valence-corrected chi connectivity index (χ1v) is 10.1.